The molecule has 0 amide bonds. The fourth-order valence-corrected chi connectivity index (χ4v) is 2.93. The standard InChI is InChI=1S/C21H18ClN3O5/c1-2-30-20(28)14-8-4-6-10-17(14)23-11-15-18(26)24-21(29)25(19(15)27)12-13-7-3-5-9-16(13)22/h3-11,27H,2,12H2,1H3,(H,24,26,29). The van der Waals surface area contributed by atoms with Gasteiger partial charge >= 0.3 is 11.7 Å². The third-order valence-electron chi connectivity index (χ3n) is 4.23. The maximum Gasteiger partial charge on any atom is 0.340 e. The molecule has 30 heavy (non-hydrogen) atoms. The van der Waals surface area contributed by atoms with Crippen LogP contribution >= 0.6 is 11.6 Å². The van der Waals surface area contributed by atoms with Crippen LogP contribution < -0.4 is 11.2 Å². The molecule has 1 heterocycles. The second-order valence-corrected chi connectivity index (χ2v) is 6.58. The fraction of sp³-hybridized carbons (Fsp3) is 0.143. The van der Waals surface area contributed by atoms with E-state index >= 15 is 0 Å². The molecule has 3 rings (SSSR count). The Morgan fingerprint density at radius 2 is 1.90 bits per heavy atom. The average Bonchev–Trinajstić information content (AvgIpc) is 2.72. The van der Waals surface area contributed by atoms with Crippen molar-refractivity contribution in [3.05, 3.63) is 91.1 Å². The van der Waals surface area contributed by atoms with Crippen LogP contribution in [0.25, 0.3) is 0 Å². The van der Waals surface area contributed by atoms with Gasteiger partial charge in [0.2, 0.25) is 5.88 Å². The lowest BCUT2D eigenvalue weighted by atomic mass is 10.2. The number of carbonyl (C=O) groups is 1. The van der Waals surface area contributed by atoms with E-state index in [0.717, 1.165) is 10.8 Å². The summed E-state index contributed by atoms with van der Waals surface area (Å²) in [5.74, 6) is -1.13. The van der Waals surface area contributed by atoms with Gasteiger partial charge in [-0.2, -0.15) is 0 Å². The topological polar surface area (TPSA) is 114 Å². The minimum absolute atomic E-state index is 0.0542. The van der Waals surface area contributed by atoms with Gasteiger partial charge in [0.05, 0.1) is 24.4 Å². The van der Waals surface area contributed by atoms with Gasteiger partial charge in [-0.1, -0.05) is 41.9 Å². The number of carbonyl (C=O) groups excluding carboxylic acids is 1. The Morgan fingerprint density at radius 1 is 1.20 bits per heavy atom. The number of rotatable bonds is 6. The number of para-hydroxylation sites is 1. The molecule has 9 heteroatoms. The summed E-state index contributed by atoms with van der Waals surface area (Å²) in [5, 5.41) is 11.0. The van der Waals surface area contributed by atoms with Gasteiger partial charge in [-0.05, 0) is 30.7 Å². The second-order valence-electron chi connectivity index (χ2n) is 6.17. The van der Waals surface area contributed by atoms with E-state index in [-0.39, 0.29) is 30.0 Å². The van der Waals surface area contributed by atoms with E-state index in [1.807, 2.05) is 0 Å². The Hall–Kier alpha value is -3.65. The van der Waals surface area contributed by atoms with Crippen LogP contribution in [0.4, 0.5) is 5.69 Å². The van der Waals surface area contributed by atoms with Crippen molar-refractivity contribution in [1.82, 2.24) is 9.55 Å². The molecule has 8 nitrogen and oxygen atoms in total. The summed E-state index contributed by atoms with van der Waals surface area (Å²) in [7, 11) is 0. The molecule has 0 bridgehead atoms. The Morgan fingerprint density at radius 3 is 2.63 bits per heavy atom. The third kappa shape index (κ3) is 4.49. The molecule has 0 radical (unpaired) electrons. The lowest BCUT2D eigenvalue weighted by Crippen LogP contribution is -2.32. The van der Waals surface area contributed by atoms with Crippen molar-refractivity contribution >= 4 is 29.5 Å². The number of esters is 1. The Balaban J connectivity index is 2.02. The molecular weight excluding hydrogens is 410 g/mol. The first-order chi connectivity index (χ1) is 14.4. The van der Waals surface area contributed by atoms with Crippen molar-refractivity contribution < 1.29 is 14.6 Å². The highest BCUT2D eigenvalue weighted by atomic mass is 35.5. The minimum atomic E-state index is -0.815. The zero-order chi connectivity index (χ0) is 21.7. The van der Waals surface area contributed by atoms with Crippen LogP contribution in [0.15, 0.2) is 63.1 Å². The van der Waals surface area contributed by atoms with E-state index in [2.05, 4.69) is 9.98 Å². The van der Waals surface area contributed by atoms with Gasteiger partial charge in [0.1, 0.15) is 5.56 Å². The lowest BCUT2D eigenvalue weighted by molar-refractivity contribution is 0.0527. The predicted octanol–water partition coefficient (Wildman–Crippen LogP) is 2.87. The lowest BCUT2D eigenvalue weighted by Gasteiger charge is -2.11. The summed E-state index contributed by atoms with van der Waals surface area (Å²) >= 11 is 6.12. The molecule has 3 aromatic rings. The maximum absolute atomic E-state index is 12.2. The van der Waals surface area contributed by atoms with Gasteiger partial charge in [-0.3, -0.25) is 19.3 Å². The molecule has 154 valence electrons. The van der Waals surface area contributed by atoms with Crippen LogP contribution in [0.5, 0.6) is 5.88 Å². The number of ether oxygens (including phenoxy) is 1. The quantitative estimate of drug-likeness (QED) is 0.463. The molecule has 2 N–H and O–H groups in total. The molecular formula is C21H18ClN3O5. The van der Waals surface area contributed by atoms with Crippen molar-refractivity contribution in [3.63, 3.8) is 0 Å². The van der Waals surface area contributed by atoms with Gasteiger partial charge in [-0.15, -0.1) is 0 Å². The smallest absolute Gasteiger partial charge is 0.340 e. The zero-order valence-corrected chi connectivity index (χ0v) is 16.7. The fourth-order valence-electron chi connectivity index (χ4n) is 2.74. The first kappa shape index (κ1) is 21.1. The van der Waals surface area contributed by atoms with E-state index < -0.39 is 23.1 Å². The van der Waals surface area contributed by atoms with Gasteiger partial charge in [0.25, 0.3) is 5.56 Å². The molecule has 2 aromatic carbocycles. The van der Waals surface area contributed by atoms with Crippen molar-refractivity contribution in [3.8, 4) is 5.88 Å². The summed E-state index contributed by atoms with van der Waals surface area (Å²) in [4.78, 5) is 42.8. The number of halogens is 1. The summed E-state index contributed by atoms with van der Waals surface area (Å²) < 4.78 is 5.97. The van der Waals surface area contributed by atoms with Crippen molar-refractivity contribution in [2.45, 2.75) is 13.5 Å². The number of aromatic hydroxyl groups is 1. The number of aliphatic imine (C=N–C) groups is 1. The van der Waals surface area contributed by atoms with Crippen molar-refractivity contribution in [1.29, 1.82) is 0 Å². The van der Waals surface area contributed by atoms with Gasteiger partial charge in [-0.25, -0.2) is 9.59 Å². The molecule has 0 saturated carbocycles. The molecule has 0 spiro atoms. The van der Waals surface area contributed by atoms with Crippen LogP contribution in [0.1, 0.15) is 28.4 Å². The second kappa shape index (κ2) is 9.23. The highest BCUT2D eigenvalue weighted by Gasteiger charge is 2.15. The minimum Gasteiger partial charge on any atom is -0.494 e. The molecule has 0 aliphatic heterocycles. The zero-order valence-electron chi connectivity index (χ0n) is 16.0. The van der Waals surface area contributed by atoms with E-state index in [9.17, 15) is 19.5 Å². The molecule has 0 aliphatic carbocycles. The van der Waals surface area contributed by atoms with Gasteiger partial charge < -0.3 is 9.84 Å². The van der Waals surface area contributed by atoms with Gasteiger partial charge in [0.15, 0.2) is 0 Å². The summed E-state index contributed by atoms with van der Waals surface area (Å²) in [6.45, 7) is 1.83. The van der Waals surface area contributed by atoms with E-state index in [1.54, 1.807) is 49.4 Å². The van der Waals surface area contributed by atoms with Crippen LogP contribution in [-0.4, -0.2) is 33.4 Å². The summed E-state index contributed by atoms with van der Waals surface area (Å²) in [5.41, 5.74) is -0.805. The molecule has 0 saturated heterocycles. The van der Waals surface area contributed by atoms with Crippen LogP contribution in [0.2, 0.25) is 5.02 Å². The Bertz CT molecular complexity index is 1230. The third-order valence-corrected chi connectivity index (χ3v) is 4.59. The van der Waals surface area contributed by atoms with E-state index in [1.165, 1.54) is 6.07 Å². The van der Waals surface area contributed by atoms with Gasteiger partial charge in [0, 0.05) is 11.2 Å². The predicted molar refractivity (Wildman–Crippen MR) is 113 cm³/mol. The number of hydrogen-bond acceptors (Lipinski definition) is 6. The SMILES string of the molecule is CCOC(=O)c1ccccc1N=Cc1c(O)n(Cc2ccccc2Cl)c(=O)[nH]c1=O. The van der Waals surface area contributed by atoms with E-state index in [4.69, 9.17) is 16.3 Å². The first-order valence-electron chi connectivity index (χ1n) is 9.02. The van der Waals surface area contributed by atoms with Crippen molar-refractivity contribution in [2.75, 3.05) is 6.61 Å². The van der Waals surface area contributed by atoms with Crippen LogP contribution in [-0.2, 0) is 11.3 Å². The summed E-state index contributed by atoms with van der Waals surface area (Å²) in [6, 6.07) is 13.2. The number of aromatic nitrogens is 2. The molecule has 0 unspecified atom stereocenters. The number of aromatic amines is 1. The number of benzene rings is 2. The molecule has 0 atom stereocenters. The average molecular weight is 428 g/mol. The largest absolute Gasteiger partial charge is 0.494 e. The number of nitrogens with zero attached hydrogens (tertiary/aromatic N) is 2. The van der Waals surface area contributed by atoms with Crippen LogP contribution in [0.3, 0.4) is 0 Å². The molecule has 0 aliphatic rings. The van der Waals surface area contributed by atoms with Crippen LogP contribution in [0, 0.1) is 0 Å². The first-order valence-corrected chi connectivity index (χ1v) is 9.40. The monoisotopic (exact) mass is 427 g/mol. The highest BCUT2D eigenvalue weighted by Crippen LogP contribution is 2.21. The Kier molecular flexibility index (Phi) is 6.48. The highest BCUT2D eigenvalue weighted by molar-refractivity contribution is 6.31. The van der Waals surface area contributed by atoms with E-state index in [0.29, 0.717) is 10.6 Å². The number of H-pyrrole nitrogens is 1. The molecule has 0 fully saturated rings. The summed E-state index contributed by atoms with van der Waals surface area (Å²) in [6.07, 6.45) is 1.09. The maximum atomic E-state index is 12.2. The van der Waals surface area contributed by atoms with Crippen molar-refractivity contribution in [2.24, 2.45) is 4.99 Å². The Labute approximate surface area is 176 Å². The number of hydrogen-bond donors (Lipinski definition) is 2. The number of nitrogens with one attached hydrogen (secondary N) is 1. The normalized spacial score (nSPS) is 11.0. The molecule has 1 aromatic heterocycles.